The highest BCUT2D eigenvalue weighted by Gasteiger charge is 2.16. The molecule has 0 spiro atoms. The normalized spacial score (nSPS) is 11.8. The molecule has 1 amide bonds. The van der Waals surface area contributed by atoms with Crippen LogP contribution in [0.4, 0.5) is 10.7 Å². The average Bonchev–Trinajstić information content (AvgIpc) is 3.20. The minimum absolute atomic E-state index is 0.0332. The number of aromatic nitrogens is 1. The molecule has 11 heteroatoms. The molecule has 0 saturated heterocycles. The number of rotatable bonds is 5. The standard InChI is InChI=1S/C15H12N4O5S2/c1-2-7-17-10-4-3-9(18(21)22)8-12(10)26-15(17)16-14(20)11-5-6-13(25-11)19(23)24/h3-6,8H,2,7H2,1H3. The molecular weight excluding hydrogens is 380 g/mol. The Kier molecular flexibility index (Phi) is 4.91. The second-order valence-corrected chi connectivity index (χ2v) is 7.33. The van der Waals surface area contributed by atoms with E-state index >= 15 is 0 Å². The highest BCUT2D eigenvalue weighted by molar-refractivity contribution is 7.17. The molecule has 0 aliphatic carbocycles. The van der Waals surface area contributed by atoms with Crippen LogP contribution in [0.15, 0.2) is 35.3 Å². The van der Waals surface area contributed by atoms with Crippen molar-refractivity contribution < 1.29 is 14.6 Å². The van der Waals surface area contributed by atoms with E-state index in [4.69, 9.17) is 0 Å². The first-order valence-electron chi connectivity index (χ1n) is 7.51. The number of nitro benzene ring substituents is 1. The molecule has 134 valence electrons. The van der Waals surface area contributed by atoms with Crippen LogP contribution in [0.1, 0.15) is 23.0 Å². The maximum atomic E-state index is 12.4. The Morgan fingerprint density at radius 3 is 2.54 bits per heavy atom. The zero-order valence-electron chi connectivity index (χ0n) is 13.4. The van der Waals surface area contributed by atoms with Gasteiger partial charge in [-0.1, -0.05) is 29.6 Å². The van der Waals surface area contributed by atoms with Crippen LogP contribution in [0.5, 0.6) is 0 Å². The molecule has 3 aromatic rings. The number of thiophene rings is 1. The topological polar surface area (TPSA) is 121 Å². The molecule has 0 aliphatic rings. The fourth-order valence-electron chi connectivity index (χ4n) is 2.38. The van der Waals surface area contributed by atoms with Crippen molar-refractivity contribution in [1.82, 2.24) is 4.57 Å². The van der Waals surface area contributed by atoms with Crippen molar-refractivity contribution >= 4 is 49.5 Å². The van der Waals surface area contributed by atoms with Crippen LogP contribution < -0.4 is 4.80 Å². The van der Waals surface area contributed by atoms with Crippen molar-refractivity contribution in [2.45, 2.75) is 19.9 Å². The summed E-state index contributed by atoms with van der Waals surface area (Å²) < 4.78 is 2.47. The van der Waals surface area contributed by atoms with Crippen LogP contribution in [-0.4, -0.2) is 20.3 Å². The van der Waals surface area contributed by atoms with E-state index in [0.717, 1.165) is 23.3 Å². The minimum atomic E-state index is -0.575. The molecule has 0 radical (unpaired) electrons. The van der Waals surface area contributed by atoms with Crippen LogP contribution in [0, 0.1) is 20.2 Å². The number of fused-ring (bicyclic) bond motifs is 1. The first-order chi connectivity index (χ1) is 12.4. The SMILES string of the molecule is CCCn1c(=NC(=O)c2ccc([N+](=O)[O-])s2)sc2cc([N+](=O)[O-])ccc21. The zero-order valence-corrected chi connectivity index (χ0v) is 15.1. The Hall–Kier alpha value is -2.92. The van der Waals surface area contributed by atoms with Gasteiger partial charge in [-0.05, 0) is 18.6 Å². The maximum absolute atomic E-state index is 12.4. The number of hydrogen-bond acceptors (Lipinski definition) is 7. The summed E-state index contributed by atoms with van der Waals surface area (Å²) in [5.41, 5.74) is 0.723. The molecule has 3 rings (SSSR count). The van der Waals surface area contributed by atoms with Crippen molar-refractivity contribution in [3.8, 4) is 0 Å². The molecular formula is C15H12N4O5S2. The van der Waals surface area contributed by atoms with Gasteiger partial charge in [0.1, 0.15) is 4.88 Å². The van der Waals surface area contributed by atoms with Crippen LogP contribution in [0.2, 0.25) is 0 Å². The second-order valence-electron chi connectivity index (χ2n) is 5.26. The third-order valence-electron chi connectivity index (χ3n) is 3.50. The molecule has 2 aromatic heterocycles. The summed E-state index contributed by atoms with van der Waals surface area (Å²) in [4.78, 5) is 37.7. The minimum Gasteiger partial charge on any atom is -0.316 e. The van der Waals surface area contributed by atoms with Crippen LogP contribution in [0.25, 0.3) is 10.2 Å². The van der Waals surface area contributed by atoms with Gasteiger partial charge in [-0.25, -0.2) is 0 Å². The maximum Gasteiger partial charge on any atom is 0.324 e. The molecule has 0 aliphatic heterocycles. The van der Waals surface area contributed by atoms with E-state index in [-0.39, 0.29) is 15.6 Å². The Bertz CT molecular complexity index is 1100. The van der Waals surface area contributed by atoms with Gasteiger partial charge in [0.25, 0.3) is 11.6 Å². The Morgan fingerprint density at radius 1 is 1.15 bits per heavy atom. The molecule has 0 N–H and O–H groups in total. The first-order valence-corrected chi connectivity index (χ1v) is 9.15. The molecule has 1 aromatic carbocycles. The number of carbonyl (C=O) groups excluding carboxylic acids is 1. The Morgan fingerprint density at radius 2 is 1.92 bits per heavy atom. The molecule has 0 unspecified atom stereocenters. The molecule has 9 nitrogen and oxygen atoms in total. The zero-order chi connectivity index (χ0) is 18.8. The number of non-ortho nitro benzene ring substituents is 1. The van der Waals surface area contributed by atoms with E-state index < -0.39 is 15.8 Å². The van der Waals surface area contributed by atoms with E-state index in [2.05, 4.69) is 4.99 Å². The lowest BCUT2D eigenvalue weighted by molar-refractivity contribution is -0.384. The van der Waals surface area contributed by atoms with E-state index in [0.29, 0.717) is 16.0 Å². The Labute approximate surface area is 154 Å². The second kappa shape index (κ2) is 7.14. The van der Waals surface area contributed by atoms with Crippen molar-refractivity contribution in [3.63, 3.8) is 0 Å². The van der Waals surface area contributed by atoms with Crippen molar-refractivity contribution in [1.29, 1.82) is 0 Å². The third kappa shape index (κ3) is 3.39. The molecule has 0 atom stereocenters. The summed E-state index contributed by atoms with van der Waals surface area (Å²) >= 11 is 1.94. The number of amides is 1. The lowest BCUT2D eigenvalue weighted by atomic mass is 10.3. The van der Waals surface area contributed by atoms with Gasteiger partial charge < -0.3 is 4.57 Å². The number of thiazole rings is 1. The van der Waals surface area contributed by atoms with Crippen LogP contribution in [0.3, 0.4) is 0 Å². The van der Waals surface area contributed by atoms with Crippen LogP contribution in [-0.2, 0) is 6.54 Å². The van der Waals surface area contributed by atoms with E-state index in [1.54, 1.807) is 6.07 Å². The summed E-state index contributed by atoms with van der Waals surface area (Å²) in [6, 6.07) is 7.14. The number of aryl methyl sites for hydroxylation is 1. The lowest BCUT2D eigenvalue weighted by Gasteiger charge is -2.02. The van der Waals surface area contributed by atoms with E-state index in [1.807, 2.05) is 11.5 Å². The smallest absolute Gasteiger partial charge is 0.316 e. The predicted molar refractivity (Wildman–Crippen MR) is 97.6 cm³/mol. The van der Waals surface area contributed by atoms with Gasteiger partial charge in [0.15, 0.2) is 4.80 Å². The van der Waals surface area contributed by atoms with Gasteiger partial charge in [-0.15, -0.1) is 0 Å². The lowest BCUT2D eigenvalue weighted by Crippen LogP contribution is -2.16. The van der Waals surface area contributed by atoms with Gasteiger partial charge in [0.2, 0.25) is 0 Å². The van der Waals surface area contributed by atoms with Gasteiger partial charge in [0, 0.05) is 24.7 Å². The number of hydrogen-bond donors (Lipinski definition) is 0. The number of benzene rings is 1. The average molecular weight is 392 g/mol. The quantitative estimate of drug-likeness (QED) is 0.484. The first kappa shape index (κ1) is 17.9. The summed E-state index contributed by atoms with van der Waals surface area (Å²) in [5, 5.41) is 21.6. The third-order valence-corrected chi connectivity index (χ3v) is 5.57. The molecule has 26 heavy (non-hydrogen) atoms. The number of nitrogens with zero attached hydrogens (tertiary/aromatic N) is 4. The summed E-state index contributed by atoms with van der Waals surface area (Å²) in [6.07, 6.45) is 0.786. The molecule has 0 saturated carbocycles. The summed E-state index contributed by atoms with van der Waals surface area (Å²) in [6.45, 7) is 2.56. The highest BCUT2D eigenvalue weighted by atomic mass is 32.1. The van der Waals surface area contributed by atoms with Crippen molar-refractivity contribution in [2.75, 3.05) is 0 Å². The summed E-state index contributed by atoms with van der Waals surface area (Å²) in [5.74, 6) is -0.575. The Balaban J connectivity index is 2.10. The molecule has 0 fully saturated rings. The van der Waals surface area contributed by atoms with Gasteiger partial charge >= 0.3 is 5.00 Å². The van der Waals surface area contributed by atoms with Gasteiger partial charge in [0.05, 0.1) is 20.1 Å². The highest BCUT2D eigenvalue weighted by Crippen LogP contribution is 2.25. The fourth-order valence-corrected chi connectivity index (χ4v) is 4.18. The van der Waals surface area contributed by atoms with Crippen molar-refractivity contribution in [3.05, 3.63) is 60.2 Å². The van der Waals surface area contributed by atoms with Gasteiger partial charge in [-0.2, -0.15) is 4.99 Å². The van der Waals surface area contributed by atoms with E-state index in [1.165, 1.54) is 35.6 Å². The number of nitro groups is 2. The largest absolute Gasteiger partial charge is 0.324 e. The fraction of sp³-hybridized carbons (Fsp3) is 0.200. The summed E-state index contributed by atoms with van der Waals surface area (Å²) in [7, 11) is 0. The number of carbonyl (C=O) groups is 1. The van der Waals surface area contributed by atoms with E-state index in [9.17, 15) is 25.0 Å². The van der Waals surface area contributed by atoms with Crippen LogP contribution >= 0.6 is 22.7 Å². The molecule has 2 heterocycles. The monoisotopic (exact) mass is 392 g/mol. The molecule has 0 bridgehead atoms. The van der Waals surface area contributed by atoms with Gasteiger partial charge in [-0.3, -0.25) is 25.0 Å². The van der Waals surface area contributed by atoms with Crippen molar-refractivity contribution in [2.24, 2.45) is 4.99 Å². The predicted octanol–water partition coefficient (Wildman–Crippen LogP) is 3.73.